The van der Waals surface area contributed by atoms with E-state index in [-0.39, 0.29) is 11.3 Å². The second kappa shape index (κ2) is 10.7. The number of anilines is 2. The zero-order valence-corrected chi connectivity index (χ0v) is 20.8. The van der Waals surface area contributed by atoms with Crippen molar-refractivity contribution >= 4 is 38.2 Å². The Morgan fingerprint density at radius 1 is 1.00 bits per heavy atom. The van der Waals surface area contributed by atoms with Gasteiger partial charge in [-0.3, -0.25) is 4.79 Å². The molecule has 4 aromatic rings. The third-order valence-electron chi connectivity index (χ3n) is 6.35. The van der Waals surface area contributed by atoms with Crippen LogP contribution >= 0.6 is 0 Å². The van der Waals surface area contributed by atoms with E-state index in [0.717, 1.165) is 47.4 Å². The number of carbonyl (C=O) groups excluding carboxylic acids is 1. The van der Waals surface area contributed by atoms with Gasteiger partial charge in [0.05, 0.1) is 18.1 Å². The summed E-state index contributed by atoms with van der Waals surface area (Å²) < 4.78 is 47.4. The highest BCUT2D eigenvalue weighted by molar-refractivity contribution is 7.89. The van der Waals surface area contributed by atoms with Crippen LogP contribution < -0.4 is 14.9 Å². The Bertz CT molecular complexity index is 1480. The molecule has 0 unspecified atom stereocenters. The van der Waals surface area contributed by atoms with Crippen LogP contribution in [0.3, 0.4) is 0 Å². The number of nitrogens with one attached hydrogen (secondary N) is 3. The normalized spacial score (nSPS) is 15.0. The predicted molar refractivity (Wildman–Crippen MR) is 141 cm³/mol. The number of rotatable bonds is 8. The van der Waals surface area contributed by atoms with Crippen LogP contribution in [0.4, 0.5) is 15.8 Å². The van der Waals surface area contributed by atoms with E-state index in [0.29, 0.717) is 18.9 Å². The van der Waals surface area contributed by atoms with Gasteiger partial charge >= 0.3 is 0 Å². The first-order valence-corrected chi connectivity index (χ1v) is 13.4. The summed E-state index contributed by atoms with van der Waals surface area (Å²) in [6.45, 7) is 2.93. The van der Waals surface area contributed by atoms with E-state index in [2.05, 4.69) is 19.9 Å². The minimum atomic E-state index is -4.10. The summed E-state index contributed by atoms with van der Waals surface area (Å²) in [7, 11) is -4.10. The van der Waals surface area contributed by atoms with Crippen molar-refractivity contribution in [1.82, 2.24) is 9.71 Å². The summed E-state index contributed by atoms with van der Waals surface area (Å²) in [5.74, 6) is -1.05. The number of hydrogen-bond acceptors (Lipinski definition) is 5. The molecule has 1 atom stereocenters. The van der Waals surface area contributed by atoms with Gasteiger partial charge in [-0.15, -0.1) is 0 Å². The number of aromatic amines is 1. The van der Waals surface area contributed by atoms with E-state index in [1.54, 1.807) is 18.3 Å². The Morgan fingerprint density at radius 3 is 2.43 bits per heavy atom. The van der Waals surface area contributed by atoms with Gasteiger partial charge in [-0.2, -0.15) is 4.72 Å². The molecule has 0 spiro atoms. The fourth-order valence-electron chi connectivity index (χ4n) is 4.38. The van der Waals surface area contributed by atoms with Crippen LogP contribution in [0.25, 0.3) is 10.9 Å². The Morgan fingerprint density at radius 2 is 1.70 bits per heavy atom. The van der Waals surface area contributed by atoms with Gasteiger partial charge in [-0.1, -0.05) is 18.2 Å². The molecule has 37 heavy (non-hydrogen) atoms. The van der Waals surface area contributed by atoms with Gasteiger partial charge < -0.3 is 19.9 Å². The fraction of sp³-hybridized carbons (Fsp3) is 0.222. The molecule has 1 amide bonds. The molecule has 5 rings (SSSR count). The second-order valence-corrected chi connectivity index (χ2v) is 10.5. The second-order valence-electron chi connectivity index (χ2n) is 8.83. The third-order valence-corrected chi connectivity index (χ3v) is 7.84. The maximum atomic E-state index is 13.4. The number of para-hydroxylation sites is 1. The molecule has 1 saturated heterocycles. The first-order valence-electron chi connectivity index (χ1n) is 12.0. The monoisotopic (exact) mass is 522 g/mol. The van der Waals surface area contributed by atoms with Gasteiger partial charge in [0.1, 0.15) is 11.9 Å². The molecule has 2 heterocycles. The number of morpholine rings is 1. The number of aromatic nitrogens is 1. The van der Waals surface area contributed by atoms with Crippen LogP contribution in [0.15, 0.2) is 83.9 Å². The maximum Gasteiger partial charge on any atom is 0.242 e. The lowest BCUT2D eigenvalue weighted by Crippen LogP contribution is -2.45. The number of H-pyrrole nitrogens is 1. The number of fused-ring (bicyclic) bond motifs is 1. The predicted octanol–water partition coefficient (Wildman–Crippen LogP) is 3.67. The lowest BCUT2D eigenvalue weighted by Gasteiger charge is -2.29. The highest BCUT2D eigenvalue weighted by Crippen LogP contribution is 2.22. The van der Waals surface area contributed by atoms with Crippen molar-refractivity contribution in [3.8, 4) is 0 Å². The summed E-state index contributed by atoms with van der Waals surface area (Å²) in [5, 5.41) is 3.74. The molecular formula is C27H27FN4O4S. The smallest absolute Gasteiger partial charge is 0.242 e. The first kappa shape index (κ1) is 24.9. The largest absolute Gasteiger partial charge is 0.378 e. The van der Waals surface area contributed by atoms with E-state index >= 15 is 0 Å². The molecule has 0 radical (unpaired) electrons. The number of benzene rings is 3. The van der Waals surface area contributed by atoms with Gasteiger partial charge in [0.15, 0.2) is 0 Å². The topological polar surface area (TPSA) is 104 Å². The van der Waals surface area contributed by atoms with Crippen LogP contribution in [0.2, 0.25) is 0 Å². The van der Waals surface area contributed by atoms with Crippen LogP contribution in [-0.4, -0.2) is 51.7 Å². The highest BCUT2D eigenvalue weighted by atomic mass is 32.2. The molecule has 3 aromatic carbocycles. The van der Waals surface area contributed by atoms with Gasteiger partial charge in [0.2, 0.25) is 15.9 Å². The van der Waals surface area contributed by atoms with Crippen LogP contribution in [-0.2, 0) is 26.0 Å². The number of carbonyl (C=O) groups is 1. The summed E-state index contributed by atoms with van der Waals surface area (Å²) in [5.41, 5.74) is 3.25. The van der Waals surface area contributed by atoms with E-state index in [9.17, 15) is 17.6 Å². The average molecular weight is 523 g/mol. The Hall–Kier alpha value is -3.73. The number of amides is 1. The van der Waals surface area contributed by atoms with E-state index in [1.165, 1.54) is 12.1 Å². The quantitative estimate of drug-likeness (QED) is 0.328. The number of nitrogens with zero attached hydrogens (tertiary/aromatic N) is 1. The van der Waals surface area contributed by atoms with Crippen molar-refractivity contribution in [3.05, 3.63) is 90.4 Å². The number of hydrogen-bond donors (Lipinski definition) is 3. The third kappa shape index (κ3) is 5.82. The van der Waals surface area contributed by atoms with Crippen molar-refractivity contribution in [1.29, 1.82) is 0 Å². The van der Waals surface area contributed by atoms with E-state index < -0.39 is 27.8 Å². The van der Waals surface area contributed by atoms with Gasteiger partial charge in [0.25, 0.3) is 0 Å². The van der Waals surface area contributed by atoms with Gasteiger partial charge in [-0.05, 0) is 66.6 Å². The molecule has 0 aliphatic carbocycles. The zero-order chi connectivity index (χ0) is 25.8. The molecule has 1 fully saturated rings. The lowest BCUT2D eigenvalue weighted by molar-refractivity contribution is -0.117. The summed E-state index contributed by atoms with van der Waals surface area (Å²) in [4.78, 5) is 18.6. The van der Waals surface area contributed by atoms with Gasteiger partial charge in [-0.25, -0.2) is 12.8 Å². The Kier molecular flexibility index (Phi) is 7.22. The molecule has 192 valence electrons. The molecule has 1 aliphatic rings. The van der Waals surface area contributed by atoms with Crippen molar-refractivity contribution in [3.63, 3.8) is 0 Å². The number of halogens is 1. The minimum absolute atomic E-state index is 0.113. The van der Waals surface area contributed by atoms with Gasteiger partial charge in [0, 0.05) is 41.6 Å². The summed E-state index contributed by atoms with van der Waals surface area (Å²) in [6.07, 6.45) is 1.89. The molecule has 1 aliphatic heterocycles. The minimum Gasteiger partial charge on any atom is -0.378 e. The zero-order valence-electron chi connectivity index (χ0n) is 20.0. The first-order chi connectivity index (χ1) is 17.9. The van der Waals surface area contributed by atoms with Crippen LogP contribution in [0.5, 0.6) is 0 Å². The van der Waals surface area contributed by atoms with E-state index in [1.807, 2.05) is 36.4 Å². The summed E-state index contributed by atoms with van der Waals surface area (Å²) in [6, 6.07) is 18.4. The molecule has 10 heteroatoms. The summed E-state index contributed by atoms with van der Waals surface area (Å²) >= 11 is 0. The van der Waals surface area contributed by atoms with Crippen molar-refractivity contribution in [2.45, 2.75) is 17.4 Å². The lowest BCUT2D eigenvalue weighted by atomic mass is 10.0. The molecular weight excluding hydrogens is 495 g/mol. The van der Waals surface area contributed by atoms with Crippen molar-refractivity contribution < 1.29 is 22.3 Å². The molecule has 0 saturated carbocycles. The van der Waals surface area contributed by atoms with Crippen LogP contribution in [0.1, 0.15) is 5.56 Å². The Balaban J connectivity index is 1.38. The molecule has 3 N–H and O–H groups in total. The average Bonchev–Trinajstić information content (AvgIpc) is 3.32. The Labute approximate surface area is 214 Å². The standard InChI is InChI=1S/C27H27FN4O4S/c28-20-5-11-23(12-6-20)37(34,35)31-26(17-19-18-29-25-4-2-1-3-24(19)25)27(33)30-21-7-9-22(10-8-21)32-13-15-36-16-14-32/h1-12,18,26,29,31H,13-17H2,(H,30,33)/t26-/m0/s1. The number of sulfonamides is 1. The molecule has 8 nitrogen and oxygen atoms in total. The molecule has 1 aromatic heterocycles. The van der Waals surface area contributed by atoms with Crippen LogP contribution in [0, 0.1) is 5.82 Å². The molecule has 0 bridgehead atoms. The fourth-order valence-corrected chi connectivity index (χ4v) is 5.58. The number of ether oxygens (including phenoxy) is 1. The SMILES string of the molecule is O=C(Nc1ccc(N2CCOCC2)cc1)[C@H](Cc1c[nH]c2ccccc12)NS(=O)(=O)c1ccc(F)cc1. The van der Waals surface area contributed by atoms with Crippen molar-refractivity contribution in [2.24, 2.45) is 0 Å². The maximum absolute atomic E-state index is 13.4. The highest BCUT2D eigenvalue weighted by Gasteiger charge is 2.27. The van der Waals surface area contributed by atoms with Crippen molar-refractivity contribution in [2.75, 3.05) is 36.5 Å². The van der Waals surface area contributed by atoms with E-state index in [4.69, 9.17) is 4.74 Å².